The third-order valence-electron chi connectivity index (χ3n) is 3.89. The number of nitrogens with one attached hydrogen (secondary N) is 1. The zero-order valence-corrected chi connectivity index (χ0v) is 13.0. The molecule has 2 rings (SSSR count). The lowest BCUT2D eigenvalue weighted by Gasteiger charge is -2.36. The van der Waals surface area contributed by atoms with E-state index in [0.29, 0.717) is 5.54 Å². The summed E-state index contributed by atoms with van der Waals surface area (Å²) in [5.41, 5.74) is 1.78. The van der Waals surface area contributed by atoms with Gasteiger partial charge in [-0.2, -0.15) is 0 Å². The van der Waals surface area contributed by atoms with Gasteiger partial charge >= 0.3 is 0 Å². The molecule has 0 atom stereocenters. The smallest absolute Gasteiger partial charge is 0.0701 e. The fraction of sp³-hybridized carbons (Fsp3) is 0.692. The van der Waals surface area contributed by atoms with Crippen molar-refractivity contribution in [3.8, 4) is 0 Å². The van der Waals surface area contributed by atoms with Crippen LogP contribution in [0, 0.1) is 0 Å². The van der Waals surface area contributed by atoms with Crippen molar-refractivity contribution in [2.24, 2.45) is 0 Å². The Morgan fingerprint density at radius 1 is 1.41 bits per heavy atom. The molecule has 1 aliphatic carbocycles. The van der Waals surface area contributed by atoms with Crippen molar-refractivity contribution < 1.29 is 0 Å². The second kappa shape index (κ2) is 5.83. The first kappa shape index (κ1) is 13.5. The summed E-state index contributed by atoms with van der Waals surface area (Å²) in [5.74, 6) is 0. The van der Waals surface area contributed by atoms with Crippen LogP contribution in [0.5, 0.6) is 0 Å². The Bertz CT molecular complexity index is 356. The number of likely N-dealkylation sites (N-methyl/N-ethyl adjacent to an activating group) is 1. The van der Waals surface area contributed by atoms with Gasteiger partial charge in [0.25, 0.3) is 0 Å². The quantitative estimate of drug-likeness (QED) is 0.894. The second-order valence-electron chi connectivity index (χ2n) is 5.19. The molecule has 96 valence electrons. The molecule has 1 fully saturated rings. The van der Waals surface area contributed by atoms with Crippen molar-refractivity contribution in [1.29, 1.82) is 0 Å². The highest BCUT2D eigenvalue weighted by atomic mass is 79.9. The van der Waals surface area contributed by atoms with Gasteiger partial charge < -0.3 is 10.2 Å². The van der Waals surface area contributed by atoms with Crippen LogP contribution >= 0.6 is 27.3 Å². The molecule has 0 spiro atoms. The first-order chi connectivity index (χ1) is 8.12. The summed E-state index contributed by atoms with van der Waals surface area (Å²) in [6.07, 6.45) is 5.42. The zero-order valence-electron chi connectivity index (χ0n) is 10.6. The molecule has 0 radical (unpaired) electrons. The summed E-state index contributed by atoms with van der Waals surface area (Å²) in [4.78, 5) is 2.41. The van der Waals surface area contributed by atoms with E-state index in [-0.39, 0.29) is 0 Å². The zero-order chi connectivity index (χ0) is 12.3. The van der Waals surface area contributed by atoms with Gasteiger partial charge in [-0.15, -0.1) is 11.3 Å². The molecule has 1 aliphatic rings. The predicted molar refractivity (Wildman–Crippen MR) is 78.6 cm³/mol. The number of thiophene rings is 1. The minimum absolute atomic E-state index is 0.396. The number of hydrogen-bond donors (Lipinski definition) is 1. The van der Waals surface area contributed by atoms with Crippen LogP contribution in [-0.4, -0.2) is 31.1 Å². The highest BCUT2D eigenvalue weighted by Gasteiger charge is 2.35. The molecule has 0 bridgehead atoms. The summed E-state index contributed by atoms with van der Waals surface area (Å²) in [6.45, 7) is 2.09. The molecule has 1 N–H and O–H groups in total. The van der Waals surface area contributed by atoms with Crippen LogP contribution in [0.2, 0.25) is 0 Å². The van der Waals surface area contributed by atoms with Crippen molar-refractivity contribution in [3.63, 3.8) is 0 Å². The Kier molecular flexibility index (Phi) is 4.64. The number of nitrogens with zero attached hydrogens (tertiary/aromatic N) is 1. The van der Waals surface area contributed by atoms with Gasteiger partial charge in [-0.3, -0.25) is 0 Å². The van der Waals surface area contributed by atoms with E-state index in [0.717, 1.165) is 13.1 Å². The van der Waals surface area contributed by atoms with Gasteiger partial charge in [-0.25, -0.2) is 0 Å². The number of halogens is 1. The van der Waals surface area contributed by atoms with E-state index in [1.807, 2.05) is 0 Å². The highest BCUT2D eigenvalue weighted by Crippen LogP contribution is 2.33. The first-order valence-corrected chi connectivity index (χ1v) is 7.91. The van der Waals surface area contributed by atoms with E-state index in [1.165, 1.54) is 35.0 Å². The van der Waals surface area contributed by atoms with Gasteiger partial charge in [-0.05, 0) is 59.9 Å². The molecule has 0 aromatic carbocycles. The normalized spacial score (nSPS) is 19.1. The van der Waals surface area contributed by atoms with Crippen molar-refractivity contribution in [2.75, 3.05) is 20.6 Å². The molecule has 4 heteroatoms. The van der Waals surface area contributed by atoms with E-state index in [2.05, 4.69) is 51.7 Å². The molecule has 1 heterocycles. The fourth-order valence-electron chi connectivity index (χ4n) is 2.69. The second-order valence-corrected chi connectivity index (χ2v) is 7.48. The maximum Gasteiger partial charge on any atom is 0.0701 e. The van der Waals surface area contributed by atoms with Crippen LogP contribution in [0.25, 0.3) is 0 Å². The van der Waals surface area contributed by atoms with E-state index in [1.54, 1.807) is 11.3 Å². The molecule has 0 amide bonds. The monoisotopic (exact) mass is 316 g/mol. The van der Waals surface area contributed by atoms with E-state index in [9.17, 15) is 0 Å². The predicted octanol–water partition coefficient (Wildman–Crippen LogP) is 3.47. The van der Waals surface area contributed by atoms with Crippen LogP contribution in [0.1, 0.15) is 31.2 Å². The Labute approximate surface area is 117 Å². The minimum Gasteiger partial charge on any atom is -0.311 e. The van der Waals surface area contributed by atoms with Crippen molar-refractivity contribution in [2.45, 2.75) is 37.8 Å². The average molecular weight is 317 g/mol. The first-order valence-electron chi connectivity index (χ1n) is 6.23. The average Bonchev–Trinajstić information content (AvgIpc) is 2.89. The van der Waals surface area contributed by atoms with Gasteiger partial charge in [0.1, 0.15) is 0 Å². The molecular weight excluding hydrogens is 296 g/mol. The van der Waals surface area contributed by atoms with Crippen LogP contribution in [0.15, 0.2) is 15.2 Å². The molecule has 2 nitrogen and oxygen atoms in total. The fourth-order valence-corrected chi connectivity index (χ4v) is 3.90. The molecule has 1 aromatic heterocycles. The minimum atomic E-state index is 0.396. The summed E-state index contributed by atoms with van der Waals surface area (Å²) in [5, 5.41) is 5.84. The third kappa shape index (κ3) is 3.31. The summed E-state index contributed by atoms with van der Waals surface area (Å²) in [6, 6.07) is 2.20. The van der Waals surface area contributed by atoms with Crippen molar-refractivity contribution in [3.05, 3.63) is 20.8 Å². The van der Waals surface area contributed by atoms with Gasteiger partial charge in [0.05, 0.1) is 3.79 Å². The molecule has 1 saturated carbocycles. The summed E-state index contributed by atoms with van der Waals surface area (Å²) < 4.78 is 1.22. The number of rotatable bonds is 5. The van der Waals surface area contributed by atoms with Gasteiger partial charge in [0.2, 0.25) is 0 Å². The van der Waals surface area contributed by atoms with Gasteiger partial charge in [-0.1, -0.05) is 12.8 Å². The third-order valence-corrected chi connectivity index (χ3v) is 5.44. The Hall–Kier alpha value is 0.100. The summed E-state index contributed by atoms with van der Waals surface area (Å²) >= 11 is 5.27. The van der Waals surface area contributed by atoms with E-state index >= 15 is 0 Å². The number of hydrogen-bond acceptors (Lipinski definition) is 3. The molecule has 1 aromatic rings. The molecule has 0 unspecified atom stereocenters. The standard InChI is InChI=1S/C13H21BrN2S/c1-16(2)13(5-3-4-6-13)10-15-8-11-7-12(14)17-9-11/h7,9,15H,3-6,8,10H2,1-2H3. The van der Waals surface area contributed by atoms with Crippen LogP contribution in [0.3, 0.4) is 0 Å². The lowest BCUT2D eigenvalue weighted by atomic mass is 9.96. The molecule has 0 saturated heterocycles. The lowest BCUT2D eigenvalue weighted by molar-refractivity contribution is 0.153. The summed E-state index contributed by atoms with van der Waals surface area (Å²) in [7, 11) is 4.43. The van der Waals surface area contributed by atoms with Crippen LogP contribution < -0.4 is 5.32 Å². The van der Waals surface area contributed by atoms with Gasteiger partial charge in [0, 0.05) is 18.6 Å². The van der Waals surface area contributed by atoms with Crippen LogP contribution in [-0.2, 0) is 6.54 Å². The van der Waals surface area contributed by atoms with E-state index in [4.69, 9.17) is 0 Å². The SMILES string of the molecule is CN(C)C1(CNCc2csc(Br)c2)CCCC1. The maximum absolute atomic E-state index is 3.62. The van der Waals surface area contributed by atoms with E-state index < -0.39 is 0 Å². The lowest BCUT2D eigenvalue weighted by Crippen LogP contribution is -2.49. The van der Waals surface area contributed by atoms with Crippen LogP contribution in [0.4, 0.5) is 0 Å². The Morgan fingerprint density at radius 2 is 2.12 bits per heavy atom. The highest BCUT2D eigenvalue weighted by molar-refractivity contribution is 9.11. The topological polar surface area (TPSA) is 15.3 Å². The Morgan fingerprint density at radius 3 is 2.65 bits per heavy atom. The molecular formula is C13H21BrN2S. The largest absolute Gasteiger partial charge is 0.311 e. The molecule has 17 heavy (non-hydrogen) atoms. The van der Waals surface area contributed by atoms with Crippen molar-refractivity contribution in [1.82, 2.24) is 10.2 Å². The maximum atomic E-state index is 3.62. The Balaban J connectivity index is 1.84. The molecule has 0 aliphatic heterocycles. The van der Waals surface area contributed by atoms with Crippen molar-refractivity contribution >= 4 is 27.3 Å². The van der Waals surface area contributed by atoms with Gasteiger partial charge in [0.15, 0.2) is 0 Å².